The van der Waals surface area contributed by atoms with Crippen LogP contribution in [0.3, 0.4) is 0 Å². The van der Waals surface area contributed by atoms with Crippen molar-refractivity contribution in [2.75, 3.05) is 5.73 Å². The summed E-state index contributed by atoms with van der Waals surface area (Å²) < 4.78 is 39.1. The van der Waals surface area contributed by atoms with Gasteiger partial charge >= 0.3 is 6.18 Å². The van der Waals surface area contributed by atoms with Crippen molar-refractivity contribution in [3.63, 3.8) is 0 Å². The van der Waals surface area contributed by atoms with Crippen LogP contribution in [0.5, 0.6) is 0 Å². The van der Waals surface area contributed by atoms with Gasteiger partial charge < -0.3 is 11.1 Å². The van der Waals surface area contributed by atoms with Crippen molar-refractivity contribution < 1.29 is 18.0 Å². The van der Waals surface area contributed by atoms with Crippen molar-refractivity contribution in [3.05, 3.63) is 53.5 Å². The number of nitrogens with one attached hydrogen (secondary N) is 1. The number of carbonyl (C=O) groups excluding carboxylic acids is 1. The Labute approximate surface area is 129 Å². The molecule has 0 saturated heterocycles. The fraction of sp³-hybridized carbons (Fsp3) is 0.267. The molecule has 1 aliphatic rings. The second kappa shape index (κ2) is 5.53. The highest BCUT2D eigenvalue weighted by Crippen LogP contribution is 2.46. The second-order valence-electron chi connectivity index (χ2n) is 5.30. The first-order valence-corrected chi connectivity index (χ1v) is 6.91. The van der Waals surface area contributed by atoms with E-state index in [0.29, 0.717) is 6.42 Å². The Hall–Kier alpha value is -2.64. The summed E-state index contributed by atoms with van der Waals surface area (Å²) in [5, 5.41) is 2.65. The molecule has 2 aromatic rings. The average Bonchev–Trinajstić information content (AvgIpc) is 3.26. The summed E-state index contributed by atoms with van der Waals surface area (Å²) in [4.78, 5) is 19.7. The van der Waals surface area contributed by atoms with Crippen LogP contribution in [-0.2, 0) is 6.18 Å². The normalized spacial score (nSPS) is 20.1. The maximum Gasteiger partial charge on any atom is 0.416 e. The molecule has 23 heavy (non-hydrogen) atoms. The maximum atomic E-state index is 13.0. The predicted octanol–water partition coefficient (Wildman–Crippen LogP) is 2.36. The van der Waals surface area contributed by atoms with E-state index in [1.165, 1.54) is 24.5 Å². The number of alkyl halides is 3. The van der Waals surface area contributed by atoms with E-state index in [1.807, 2.05) is 0 Å². The van der Waals surface area contributed by atoms with E-state index in [4.69, 9.17) is 5.73 Å². The molecule has 0 aliphatic heterocycles. The number of hydrogen-bond donors (Lipinski definition) is 2. The monoisotopic (exact) mass is 322 g/mol. The van der Waals surface area contributed by atoms with Crippen LogP contribution >= 0.6 is 0 Å². The van der Waals surface area contributed by atoms with Gasteiger partial charge in [-0.1, -0.05) is 18.2 Å². The SMILES string of the molecule is Nc1nccnc1C(=O)N[C@H]1C[C@@H]1c1ccccc1C(F)(F)F. The highest BCUT2D eigenvalue weighted by molar-refractivity contribution is 5.96. The van der Waals surface area contributed by atoms with Gasteiger partial charge in [0.2, 0.25) is 0 Å². The molecule has 1 saturated carbocycles. The first-order chi connectivity index (χ1) is 10.9. The van der Waals surface area contributed by atoms with Crippen LogP contribution in [0.2, 0.25) is 0 Å². The molecule has 120 valence electrons. The zero-order valence-corrected chi connectivity index (χ0v) is 11.8. The van der Waals surface area contributed by atoms with E-state index < -0.39 is 17.6 Å². The standard InChI is InChI=1S/C15H13F3N4O/c16-15(17,18)10-4-2-1-3-8(10)9-7-11(9)22-14(23)12-13(19)21-6-5-20-12/h1-6,9,11H,7H2,(H2,19,21)(H,22,23)/t9-,11+/m1/s1. The molecular formula is C15H13F3N4O. The number of nitrogen functional groups attached to an aromatic ring is 1. The van der Waals surface area contributed by atoms with Gasteiger partial charge in [-0.05, 0) is 18.1 Å². The van der Waals surface area contributed by atoms with Crippen molar-refractivity contribution >= 4 is 11.7 Å². The number of nitrogens with zero attached hydrogens (tertiary/aromatic N) is 2. The lowest BCUT2D eigenvalue weighted by Gasteiger charge is -2.12. The topological polar surface area (TPSA) is 80.9 Å². The zero-order valence-electron chi connectivity index (χ0n) is 11.8. The van der Waals surface area contributed by atoms with Crippen molar-refractivity contribution in [3.8, 4) is 0 Å². The Balaban J connectivity index is 1.74. The number of amides is 1. The molecule has 1 fully saturated rings. The number of aromatic nitrogens is 2. The number of halogens is 3. The van der Waals surface area contributed by atoms with Crippen LogP contribution in [0.25, 0.3) is 0 Å². The molecule has 3 rings (SSSR count). The zero-order chi connectivity index (χ0) is 16.6. The molecule has 0 bridgehead atoms. The smallest absolute Gasteiger partial charge is 0.382 e. The highest BCUT2D eigenvalue weighted by Gasteiger charge is 2.45. The Bertz CT molecular complexity index is 747. The molecule has 0 spiro atoms. The van der Waals surface area contributed by atoms with Crippen LogP contribution < -0.4 is 11.1 Å². The number of anilines is 1. The summed E-state index contributed by atoms with van der Waals surface area (Å²) >= 11 is 0. The molecule has 8 heteroatoms. The van der Waals surface area contributed by atoms with Gasteiger partial charge in [0, 0.05) is 24.4 Å². The number of nitrogens with two attached hydrogens (primary N) is 1. The van der Waals surface area contributed by atoms with E-state index in [9.17, 15) is 18.0 Å². The van der Waals surface area contributed by atoms with Crippen molar-refractivity contribution in [1.29, 1.82) is 0 Å². The lowest BCUT2D eigenvalue weighted by molar-refractivity contribution is -0.138. The summed E-state index contributed by atoms with van der Waals surface area (Å²) in [5.41, 5.74) is 5.06. The third kappa shape index (κ3) is 3.10. The minimum Gasteiger partial charge on any atom is -0.382 e. The van der Waals surface area contributed by atoms with E-state index in [2.05, 4.69) is 15.3 Å². The molecule has 1 aromatic carbocycles. The molecule has 1 heterocycles. The highest BCUT2D eigenvalue weighted by atomic mass is 19.4. The number of hydrogen-bond acceptors (Lipinski definition) is 4. The van der Waals surface area contributed by atoms with Crippen LogP contribution in [0.15, 0.2) is 36.7 Å². The molecule has 2 atom stereocenters. The van der Waals surface area contributed by atoms with Gasteiger partial charge in [-0.15, -0.1) is 0 Å². The largest absolute Gasteiger partial charge is 0.416 e. The molecule has 3 N–H and O–H groups in total. The molecule has 0 unspecified atom stereocenters. The lowest BCUT2D eigenvalue weighted by Crippen LogP contribution is -2.28. The maximum absolute atomic E-state index is 13.0. The Morgan fingerprint density at radius 2 is 1.91 bits per heavy atom. The van der Waals surface area contributed by atoms with E-state index >= 15 is 0 Å². The minimum absolute atomic E-state index is 0.0158. The van der Waals surface area contributed by atoms with Gasteiger partial charge in [0.25, 0.3) is 5.91 Å². The summed E-state index contributed by atoms with van der Waals surface area (Å²) in [5.74, 6) is -0.917. The van der Waals surface area contributed by atoms with Crippen molar-refractivity contribution in [2.45, 2.75) is 24.6 Å². The molecule has 1 aromatic heterocycles. The number of carbonyl (C=O) groups is 1. The minimum atomic E-state index is -4.41. The van der Waals surface area contributed by atoms with E-state index in [0.717, 1.165) is 6.07 Å². The third-order valence-electron chi connectivity index (χ3n) is 3.71. The first kappa shape index (κ1) is 15.3. The second-order valence-corrected chi connectivity index (χ2v) is 5.30. The quantitative estimate of drug-likeness (QED) is 0.909. The van der Waals surface area contributed by atoms with Gasteiger partial charge in [-0.3, -0.25) is 4.79 Å². The van der Waals surface area contributed by atoms with Crippen LogP contribution in [0.4, 0.5) is 19.0 Å². The molecule has 1 aliphatic carbocycles. The van der Waals surface area contributed by atoms with Gasteiger partial charge in [0.15, 0.2) is 11.5 Å². The van der Waals surface area contributed by atoms with E-state index in [-0.39, 0.29) is 29.0 Å². The summed E-state index contributed by atoms with van der Waals surface area (Å²) in [6, 6.07) is 5.03. The molecule has 0 radical (unpaired) electrons. The van der Waals surface area contributed by atoms with Gasteiger partial charge in [0.1, 0.15) is 0 Å². The Morgan fingerprint density at radius 3 is 2.61 bits per heavy atom. The van der Waals surface area contributed by atoms with Crippen LogP contribution in [0.1, 0.15) is 34.0 Å². The van der Waals surface area contributed by atoms with Crippen molar-refractivity contribution in [2.24, 2.45) is 0 Å². The van der Waals surface area contributed by atoms with E-state index in [1.54, 1.807) is 6.07 Å². The van der Waals surface area contributed by atoms with Crippen molar-refractivity contribution in [1.82, 2.24) is 15.3 Å². The fourth-order valence-corrected chi connectivity index (χ4v) is 2.54. The summed E-state index contributed by atoms with van der Waals surface area (Å²) in [6.07, 6.45) is -1.29. The molecule has 5 nitrogen and oxygen atoms in total. The van der Waals surface area contributed by atoms with Crippen LogP contribution in [-0.4, -0.2) is 21.9 Å². The predicted molar refractivity (Wildman–Crippen MR) is 76.5 cm³/mol. The van der Waals surface area contributed by atoms with Gasteiger partial charge in [-0.25, -0.2) is 9.97 Å². The Kier molecular flexibility index (Phi) is 3.67. The molecule has 1 amide bonds. The summed E-state index contributed by atoms with van der Waals surface area (Å²) in [6.45, 7) is 0. The summed E-state index contributed by atoms with van der Waals surface area (Å²) in [7, 11) is 0. The number of rotatable bonds is 3. The van der Waals surface area contributed by atoms with Gasteiger partial charge in [-0.2, -0.15) is 13.2 Å². The average molecular weight is 322 g/mol. The fourth-order valence-electron chi connectivity index (χ4n) is 2.54. The lowest BCUT2D eigenvalue weighted by atomic mass is 10.0. The Morgan fingerprint density at radius 1 is 1.22 bits per heavy atom. The first-order valence-electron chi connectivity index (χ1n) is 6.91. The van der Waals surface area contributed by atoms with Crippen LogP contribution in [0, 0.1) is 0 Å². The molecular weight excluding hydrogens is 309 g/mol. The number of benzene rings is 1. The van der Waals surface area contributed by atoms with Gasteiger partial charge in [0.05, 0.1) is 5.56 Å². The third-order valence-corrected chi connectivity index (χ3v) is 3.71.